The van der Waals surface area contributed by atoms with Gasteiger partial charge in [-0.05, 0) is 51.4 Å². The van der Waals surface area contributed by atoms with Crippen molar-refractivity contribution in [1.29, 1.82) is 0 Å². The molecule has 1 aromatic rings. The molecule has 0 aromatic heterocycles. The zero-order valence-corrected chi connectivity index (χ0v) is 15.6. The number of rotatable bonds is 6. The molecule has 0 saturated carbocycles. The Bertz CT molecular complexity index is 608. The quantitative estimate of drug-likeness (QED) is 0.812. The summed E-state index contributed by atoms with van der Waals surface area (Å²) in [5, 5.41) is 3.31. The number of halogens is 1. The lowest BCUT2D eigenvalue weighted by molar-refractivity contribution is 0.0577. The second kappa shape index (κ2) is 8.44. The highest BCUT2D eigenvalue weighted by atomic mass is 35.5. The molecule has 1 aromatic carbocycles. The topological polar surface area (TPSA) is 67.4 Å². The standard InChI is InChI=1S/C16H26N2O3S.ClH/c1-13-4-5-15(14(2)10-13)22(19,20)18-11-16(12-21-3)6-8-17-9-7-16;/h4-5,10,17-18H,6-9,11-12H2,1-3H3;1H. The van der Waals surface area contributed by atoms with Crippen LogP contribution < -0.4 is 10.0 Å². The first-order chi connectivity index (χ1) is 10.4. The van der Waals surface area contributed by atoms with Crippen LogP contribution in [0.15, 0.2) is 23.1 Å². The maximum absolute atomic E-state index is 12.6. The maximum Gasteiger partial charge on any atom is 0.240 e. The molecule has 1 aliphatic rings. The molecule has 0 unspecified atom stereocenters. The predicted molar refractivity (Wildman–Crippen MR) is 94.8 cm³/mol. The lowest BCUT2D eigenvalue weighted by Crippen LogP contribution is -2.47. The second-order valence-electron chi connectivity index (χ2n) is 6.28. The highest BCUT2D eigenvalue weighted by molar-refractivity contribution is 7.89. The van der Waals surface area contributed by atoms with Crippen LogP contribution in [0.25, 0.3) is 0 Å². The monoisotopic (exact) mass is 362 g/mol. The van der Waals surface area contributed by atoms with Gasteiger partial charge in [-0.1, -0.05) is 17.7 Å². The minimum Gasteiger partial charge on any atom is -0.384 e. The third kappa shape index (κ3) is 5.16. The maximum atomic E-state index is 12.6. The first-order valence-electron chi connectivity index (χ1n) is 7.65. The van der Waals surface area contributed by atoms with Crippen LogP contribution in [0.2, 0.25) is 0 Å². The van der Waals surface area contributed by atoms with Crippen molar-refractivity contribution in [2.24, 2.45) is 5.41 Å². The summed E-state index contributed by atoms with van der Waals surface area (Å²) < 4.78 is 33.3. The fourth-order valence-corrected chi connectivity index (χ4v) is 4.44. The lowest BCUT2D eigenvalue weighted by atomic mass is 9.80. The van der Waals surface area contributed by atoms with E-state index in [2.05, 4.69) is 10.0 Å². The summed E-state index contributed by atoms with van der Waals surface area (Å²) in [4.78, 5) is 0.361. The van der Waals surface area contributed by atoms with Gasteiger partial charge in [0.1, 0.15) is 0 Å². The average molecular weight is 363 g/mol. The number of hydrogen-bond acceptors (Lipinski definition) is 4. The SMILES string of the molecule is COCC1(CNS(=O)(=O)c2ccc(C)cc2C)CCNCC1.Cl. The van der Waals surface area contributed by atoms with Gasteiger partial charge in [0.2, 0.25) is 10.0 Å². The molecule has 1 aliphatic heterocycles. The van der Waals surface area contributed by atoms with Crippen LogP contribution in [0.5, 0.6) is 0 Å². The van der Waals surface area contributed by atoms with Crippen molar-refractivity contribution in [3.8, 4) is 0 Å². The van der Waals surface area contributed by atoms with E-state index in [1.807, 2.05) is 26.0 Å². The summed E-state index contributed by atoms with van der Waals surface area (Å²) in [6, 6.07) is 5.40. The van der Waals surface area contributed by atoms with E-state index in [4.69, 9.17) is 4.74 Å². The van der Waals surface area contributed by atoms with Crippen molar-refractivity contribution in [3.63, 3.8) is 0 Å². The molecule has 0 radical (unpaired) electrons. The lowest BCUT2D eigenvalue weighted by Gasteiger charge is -2.37. The molecule has 5 nitrogen and oxygen atoms in total. The van der Waals surface area contributed by atoms with E-state index >= 15 is 0 Å². The molecule has 23 heavy (non-hydrogen) atoms. The molecule has 0 spiro atoms. The molecule has 1 fully saturated rings. The Morgan fingerprint density at radius 1 is 1.26 bits per heavy atom. The minimum atomic E-state index is -3.49. The van der Waals surface area contributed by atoms with Gasteiger partial charge in [0.15, 0.2) is 0 Å². The fourth-order valence-electron chi connectivity index (χ4n) is 3.06. The molecule has 2 rings (SSSR count). The minimum absolute atomic E-state index is 0. The van der Waals surface area contributed by atoms with Crippen molar-refractivity contribution in [3.05, 3.63) is 29.3 Å². The number of piperidine rings is 1. The van der Waals surface area contributed by atoms with Gasteiger partial charge in [-0.25, -0.2) is 13.1 Å². The molecule has 7 heteroatoms. The van der Waals surface area contributed by atoms with E-state index in [0.717, 1.165) is 37.1 Å². The van der Waals surface area contributed by atoms with Crippen LogP contribution >= 0.6 is 12.4 Å². The average Bonchev–Trinajstić information content (AvgIpc) is 2.46. The van der Waals surface area contributed by atoms with E-state index in [1.54, 1.807) is 13.2 Å². The van der Waals surface area contributed by atoms with Gasteiger partial charge in [0.25, 0.3) is 0 Å². The molecular weight excluding hydrogens is 336 g/mol. The van der Waals surface area contributed by atoms with Gasteiger partial charge in [-0.15, -0.1) is 12.4 Å². The predicted octanol–water partition coefficient (Wildman–Crippen LogP) is 2.02. The number of benzene rings is 1. The van der Waals surface area contributed by atoms with E-state index in [0.29, 0.717) is 18.0 Å². The highest BCUT2D eigenvalue weighted by Gasteiger charge is 2.33. The molecule has 0 bridgehead atoms. The van der Waals surface area contributed by atoms with Crippen LogP contribution in [0, 0.1) is 19.3 Å². The highest BCUT2D eigenvalue weighted by Crippen LogP contribution is 2.29. The number of hydrogen-bond donors (Lipinski definition) is 2. The van der Waals surface area contributed by atoms with Crippen molar-refractivity contribution >= 4 is 22.4 Å². The Kier molecular flexibility index (Phi) is 7.48. The van der Waals surface area contributed by atoms with E-state index in [1.165, 1.54) is 0 Å². The largest absolute Gasteiger partial charge is 0.384 e. The summed E-state index contributed by atoms with van der Waals surface area (Å²) in [6.07, 6.45) is 1.83. The normalized spacial score (nSPS) is 17.5. The molecular formula is C16H27ClN2O3S. The Morgan fingerprint density at radius 3 is 2.48 bits per heavy atom. The third-order valence-corrected chi connectivity index (χ3v) is 5.93. The molecule has 2 N–H and O–H groups in total. The smallest absolute Gasteiger partial charge is 0.240 e. The van der Waals surface area contributed by atoms with Gasteiger partial charge in [0, 0.05) is 19.1 Å². The summed E-state index contributed by atoms with van der Waals surface area (Å²) in [5.41, 5.74) is 1.72. The number of methoxy groups -OCH3 is 1. The molecule has 0 atom stereocenters. The first kappa shape index (κ1) is 20.4. The summed E-state index contributed by atoms with van der Waals surface area (Å²) in [5.74, 6) is 0. The molecule has 1 heterocycles. The van der Waals surface area contributed by atoms with Crippen LogP contribution in [0.1, 0.15) is 24.0 Å². The van der Waals surface area contributed by atoms with Gasteiger partial charge in [0.05, 0.1) is 11.5 Å². The van der Waals surface area contributed by atoms with Gasteiger partial charge in [-0.2, -0.15) is 0 Å². The Morgan fingerprint density at radius 2 is 1.91 bits per heavy atom. The van der Waals surface area contributed by atoms with Crippen LogP contribution in [0.3, 0.4) is 0 Å². The van der Waals surface area contributed by atoms with Gasteiger partial charge < -0.3 is 10.1 Å². The van der Waals surface area contributed by atoms with Crippen molar-refractivity contribution in [2.45, 2.75) is 31.6 Å². The Labute approximate surface area is 145 Å². The number of aryl methyl sites for hydroxylation is 2. The van der Waals surface area contributed by atoms with Crippen molar-refractivity contribution < 1.29 is 13.2 Å². The van der Waals surface area contributed by atoms with Crippen LogP contribution in [-0.2, 0) is 14.8 Å². The van der Waals surface area contributed by atoms with Crippen LogP contribution in [-0.4, -0.2) is 41.8 Å². The summed E-state index contributed by atoms with van der Waals surface area (Å²) in [6.45, 7) is 6.57. The molecule has 0 amide bonds. The zero-order valence-electron chi connectivity index (χ0n) is 14.0. The summed E-state index contributed by atoms with van der Waals surface area (Å²) in [7, 11) is -1.82. The summed E-state index contributed by atoms with van der Waals surface area (Å²) >= 11 is 0. The number of sulfonamides is 1. The number of nitrogens with one attached hydrogen (secondary N) is 2. The Balaban J connectivity index is 0.00000264. The van der Waals surface area contributed by atoms with E-state index in [9.17, 15) is 8.42 Å². The Hall–Kier alpha value is -0.660. The van der Waals surface area contributed by atoms with E-state index in [-0.39, 0.29) is 17.8 Å². The third-order valence-electron chi connectivity index (χ3n) is 4.37. The molecule has 0 aliphatic carbocycles. The second-order valence-corrected chi connectivity index (χ2v) is 8.01. The van der Waals surface area contributed by atoms with Crippen LogP contribution in [0.4, 0.5) is 0 Å². The first-order valence-corrected chi connectivity index (χ1v) is 9.13. The molecule has 132 valence electrons. The van der Waals surface area contributed by atoms with Gasteiger partial charge in [-0.3, -0.25) is 0 Å². The molecule has 1 saturated heterocycles. The van der Waals surface area contributed by atoms with Crippen molar-refractivity contribution in [1.82, 2.24) is 10.0 Å². The fraction of sp³-hybridized carbons (Fsp3) is 0.625. The van der Waals surface area contributed by atoms with Crippen molar-refractivity contribution in [2.75, 3.05) is 33.4 Å². The zero-order chi connectivity index (χ0) is 16.2. The van der Waals surface area contributed by atoms with E-state index < -0.39 is 10.0 Å². The van der Waals surface area contributed by atoms with Gasteiger partial charge >= 0.3 is 0 Å². The number of ether oxygens (including phenoxy) is 1.